The molecule has 0 fully saturated rings. The molecule has 0 spiro atoms. The average Bonchev–Trinajstić information content (AvgIpc) is 3.39. The molecule has 0 saturated heterocycles. The molecule has 0 bridgehead atoms. The quantitative estimate of drug-likeness (QED) is 0.159. The summed E-state index contributed by atoms with van der Waals surface area (Å²) in [6.45, 7) is 8.57. The summed E-state index contributed by atoms with van der Waals surface area (Å²) in [5, 5.41) is 20.2. The summed E-state index contributed by atoms with van der Waals surface area (Å²) in [4.78, 5) is 16.5. The Morgan fingerprint density at radius 1 is 0.957 bits per heavy atom. The molecule has 1 aliphatic rings. The highest BCUT2D eigenvalue weighted by atomic mass is 16.5. The molecule has 9 heteroatoms. The Bertz CT molecular complexity index is 1920. The Hall–Kier alpha value is -5.18. The maximum absolute atomic E-state index is 11.8. The molecular formula is C38H40N2O7. The van der Waals surface area contributed by atoms with Crippen molar-refractivity contribution in [2.24, 2.45) is 7.05 Å². The zero-order valence-corrected chi connectivity index (χ0v) is 27.4. The fraction of sp³-hybridized carbons (Fsp3) is 0.316. The first-order chi connectivity index (χ1) is 22.5. The van der Waals surface area contributed by atoms with Crippen LogP contribution in [0.5, 0.6) is 28.7 Å². The van der Waals surface area contributed by atoms with Crippen LogP contribution < -0.4 is 18.9 Å². The Kier molecular flexibility index (Phi) is 8.73. The molecule has 1 aromatic heterocycles. The van der Waals surface area contributed by atoms with Crippen molar-refractivity contribution in [3.8, 4) is 28.7 Å². The zero-order chi connectivity index (χ0) is 33.3. The number of carbonyl (C=O) groups is 1. The van der Waals surface area contributed by atoms with E-state index in [9.17, 15) is 15.0 Å². The monoisotopic (exact) mass is 636 g/mol. The first-order valence-electron chi connectivity index (χ1n) is 15.8. The highest BCUT2D eigenvalue weighted by molar-refractivity contribution is 5.77. The van der Waals surface area contributed by atoms with E-state index in [2.05, 4.69) is 6.92 Å². The van der Waals surface area contributed by atoms with E-state index in [0.29, 0.717) is 23.9 Å². The van der Waals surface area contributed by atoms with E-state index in [0.717, 1.165) is 69.0 Å². The predicted octanol–water partition coefficient (Wildman–Crippen LogP) is 7.02. The molecule has 5 aromatic rings. The average molecular weight is 637 g/mol. The number of carboxylic acids is 1. The first kappa shape index (κ1) is 31.8. The summed E-state index contributed by atoms with van der Waals surface area (Å²) in [7, 11) is 1.95. The van der Waals surface area contributed by atoms with Crippen LogP contribution in [-0.2, 0) is 31.3 Å². The third-order valence-electron chi connectivity index (χ3n) is 9.09. The van der Waals surface area contributed by atoms with Gasteiger partial charge < -0.3 is 33.7 Å². The second-order valence-corrected chi connectivity index (χ2v) is 12.5. The third kappa shape index (κ3) is 6.70. The highest BCUT2D eigenvalue weighted by Gasteiger charge is 2.35. The summed E-state index contributed by atoms with van der Waals surface area (Å²) in [6, 6.07) is 22.1. The van der Waals surface area contributed by atoms with Gasteiger partial charge in [0.25, 0.3) is 0 Å². The van der Waals surface area contributed by atoms with Crippen molar-refractivity contribution in [2.45, 2.75) is 65.3 Å². The van der Waals surface area contributed by atoms with E-state index in [-0.39, 0.29) is 13.0 Å². The van der Waals surface area contributed by atoms with Gasteiger partial charge in [-0.2, -0.15) is 0 Å². The number of hydrogen-bond acceptors (Lipinski definition) is 7. The van der Waals surface area contributed by atoms with Gasteiger partial charge in [-0.3, -0.25) is 0 Å². The Balaban J connectivity index is 1.07. The van der Waals surface area contributed by atoms with Crippen LogP contribution in [0.1, 0.15) is 47.0 Å². The van der Waals surface area contributed by atoms with Gasteiger partial charge in [-0.05, 0) is 99.2 Å². The maximum atomic E-state index is 11.8. The molecule has 0 aliphatic carbocycles. The van der Waals surface area contributed by atoms with E-state index in [1.807, 2.05) is 80.9 Å². The van der Waals surface area contributed by atoms with Crippen molar-refractivity contribution in [3.05, 3.63) is 106 Å². The number of fused-ring (bicyclic) bond motifs is 2. The van der Waals surface area contributed by atoms with Crippen LogP contribution in [-0.4, -0.2) is 44.0 Å². The van der Waals surface area contributed by atoms with E-state index in [1.165, 1.54) is 0 Å². The maximum Gasteiger partial charge on any atom is 0.345 e. The minimum atomic E-state index is -1.02. The minimum absolute atomic E-state index is 0.224. The van der Waals surface area contributed by atoms with Gasteiger partial charge in [0.2, 0.25) is 0 Å². The van der Waals surface area contributed by atoms with Crippen molar-refractivity contribution < 1.29 is 34.0 Å². The van der Waals surface area contributed by atoms with Crippen molar-refractivity contribution in [1.82, 2.24) is 9.55 Å². The largest absolute Gasteiger partial charge is 0.507 e. The number of aromatic hydroxyl groups is 1. The molecule has 2 atom stereocenters. The van der Waals surface area contributed by atoms with Gasteiger partial charge in [-0.25, -0.2) is 9.78 Å². The second-order valence-electron chi connectivity index (χ2n) is 12.5. The number of nitrogens with zero attached hydrogens (tertiary/aromatic N) is 2. The normalized spacial score (nSPS) is 16.3. The highest BCUT2D eigenvalue weighted by Crippen LogP contribution is 2.43. The number of aryl methyl sites for hydroxylation is 1. The fourth-order valence-electron chi connectivity index (χ4n) is 6.00. The van der Waals surface area contributed by atoms with Crippen molar-refractivity contribution in [2.75, 3.05) is 6.61 Å². The van der Waals surface area contributed by atoms with Crippen molar-refractivity contribution in [1.29, 1.82) is 0 Å². The molecule has 2 N–H and O–H groups in total. The van der Waals surface area contributed by atoms with Crippen LogP contribution in [0.25, 0.3) is 11.0 Å². The molecule has 1 aliphatic heterocycles. The molecule has 6 rings (SSSR count). The van der Waals surface area contributed by atoms with E-state index in [1.54, 1.807) is 24.3 Å². The molecular weight excluding hydrogens is 596 g/mol. The first-order valence-corrected chi connectivity index (χ1v) is 15.8. The predicted molar refractivity (Wildman–Crippen MR) is 179 cm³/mol. The molecule has 244 valence electrons. The number of aliphatic carboxylic acids is 1. The SMILES string of the molecule is Cc1c(C)c2c(c(C)c1O)CCC(C)(COc1ccc3nc(COc4ccc(CC(Oc5ccccc5)C(=O)O)cc4)n(C)c3c1)O2. The lowest BCUT2D eigenvalue weighted by Crippen LogP contribution is -2.42. The molecule has 2 heterocycles. The molecule has 4 aromatic carbocycles. The van der Waals surface area contributed by atoms with Crippen LogP contribution in [0.15, 0.2) is 72.8 Å². The number of rotatable bonds is 11. The van der Waals surface area contributed by atoms with E-state index < -0.39 is 17.7 Å². The van der Waals surface area contributed by atoms with Crippen LogP contribution in [0, 0.1) is 20.8 Å². The Morgan fingerprint density at radius 2 is 1.68 bits per heavy atom. The standard InChI is InChI=1S/C38H40N2O7/c1-23-24(2)36-30(25(3)35(23)41)17-18-38(4,47-36)22-45-29-15-16-31-32(20-29)40(5)34(39-31)21-44-27-13-11-26(12-14-27)19-33(37(42)43)46-28-9-7-6-8-10-28/h6-16,20,33,41H,17-19,21-22H2,1-5H3,(H,42,43). The van der Waals surface area contributed by atoms with Gasteiger partial charge in [0, 0.05) is 25.1 Å². The van der Waals surface area contributed by atoms with Crippen molar-refractivity contribution in [3.63, 3.8) is 0 Å². The van der Waals surface area contributed by atoms with Gasteiger partial charge >= 0.3 is 5.97 Å². The number of hydrogen-bond donors (Lipinski definition) is 2. The summed E-state index contributed by atoms with van der Waals surface area (Å²) < 4.78 is 26.5. The number of carboxylic acid groups (broad SMARTS) is 1. The number of imidazole rings is 1. The molecule has 0 radical (unpaired) electrons. The number of phenolic OH excluding ortho intramolecular Hbond substituents is 1. The lowest BCUT2D eigenvalue weighted by atomic mass is 9.87. The minimum Gasteiger partial charge on any atom is -0.507 e. The van der Waals surface area contributed by atoms with Gasteiger partial charge in [-0.1, -0.05) is 30.3 Å². The lowest BCUT2D eigenvalue weighted by Gasteiger charge is -2.37. The van der Waals surface area contributed by atoms with E-state index >= 15 is 0 Å². The molecule has 9 nitrogen and oxygen atoms in total. The molecule has 2 unspecified atom stereocenters. The topological polar surface area (TPSA) is 112 Å². The van der Waals surface area contributed by atoms with Gasteiger partial charge in [0.15, 0.2) is 6.10 Å². The van der Waals surface area contributed by atoms with Crippen LogP contribution in [0.4, 0.5) is 0 Å². The van der Waals surface area contributed by atoms with E-state index in [4.69, 9.17) is 23.9 Å². The Morgan fingerprint density at radius 3 is 2.40 bits per heavy atom. The molecule has 0 saturated carbocycles. The number of aromatic nitrogens is 2. The second kappa shape index (κ2) is 12.9. The molecule has 0 amide bonds. The summed E-state index contributed by atoms with van der Waals surface area (Å²) in [5.41, 5.74) is 5.86. The number of phenols is 1. The van der Waals surface area contributed by atoms with Crippen LogP contribution in [0.3, 0.4) is 0 Å². The third-order valence-corrected chi connectivity index (χ3v) is 9.09. The van der Waals surface area contributed by atoms with Crippen molar-refractivity contribution >= 4 is 17.0 Å². The number of benzene rings is 4. The molecule has 47 heavy (non-hydrogen) atoms. The van der Waals surface area contributed by atoms with Gasteiger partial charge in [-0.15, -0.1) is 0 Å². The summed E-state index contributed by atoms with van der Waals surface area (Å²) >= 11 is 0. The van der Waals surface area contributed by atoms with Gasteiger partial charge in [0.05, 0.1) is 11.0 Å². The summed E-state index contributed by atoms with van der Waals surface area (Å²) in [6.07, 6.45) is 0.817. The van der Waals surface area contributed by atoms with Crippen LogP contribution >= 0.6 is 0 Å². The Labute approximate surface area is 274 Å². The smallest absolute Gasteiger partial charge is 0.345 e. The van der Waals surface area contributed by atoms with Crippen LogP contribution in [0.2, 0.25) is 0 Å². The number of para-hydroxylation sites is 1. The lowest BCUT2D eigenvalue weighted by molar-refractivity contribution is -0.145. The van der Waals surface area contributed by atoms with Gasteiger partial charge in [0.1, 0.15) is 53.4 Å². The summed E-state index contributed by atoms with van der Waals surface area (Å²) in [5.74, 6) is 2.85. The zero-order valence-electron chi connectivity index (χ0n) is 27.4. The fourth-order valence-corrected chi connectivity index (χ4v) is 6.00. The number of ether oxygens (including phenoxy) is 4.